The Morgan fingerprint density at radius 2 is 1.11 bits per heavy atom. The second kappa shape index (κ2) is 7.12. The second-order valence-corrected chi connectivity index (χ2v) is 12.7. The zero-order valence-corrected chi connectivity index (χ0v) is 14.8. The third kappa shape index (κ3) is 2.71. The molecule has 0 N–H and O–H groups in total. The monoisotopic (exact) mass is 268 g/mol. The number of hydrogen-bond acceptors (Lipinski definition) is 0. The Hall–Kier alpha value is 0.217. The van der Waals surface area contributed by atoms with Gasteiger partial charge in [0.2, 0.25) is 0 Å². The summed E-state index contributed by atoms with van der Waals surface area (Å²) in [6.45, 7) is 15.1. The Balaban J connectivity index is 3.14. The van der Waals surface area contributed by atoms with Crippen molar-refractivity contribution in [1.29, 1.82) is 0 Å². The van der Waals surface area contributed by atoms with Crippen LogP contribution in [0, 0.1) is 0 Å². The van der Waals surface area contributed by atoms with E-state index in [4.69, 9.17) is 0 Å². The molecule has 0 spiro atoms. The lowest BCUT2D eigenvalue weighted by atomic mass is 10.3. The van der Waals surface area contributed by atoms with E-state index in [1.165, 1.54) is 32.1 Å². The molecule has 0 bridgehead atoms. The van der Waals surface area contributed by atoms with Gasteiger partial charge in [-0.15, -0.1) is 0 Å². The molecule has 0 aromatic heterocycles. The first-order valence-electron chi connectivity index (χ1n) is 8.55. The zero-order chi connectivity index (χ0) is 13.8. The molecule has 3 atom stereocenters. The third-order valence-electron chi connectivity index (χ3n) is 6.46. The van der Waals surface area contributed by atoms with E-state index in [0.717, 1.165) is 22.2 Å². The molecule has 0 aromatic carbocycles. The van der Waals surface area contributed by atoms with Crippen molar-refractivity contribution in [3.05, 3.63) is 0 Å². The normalized spacial score (nSPS) is 25.7. The summed E-state index contributed by atoms with van der Waals surface area (Å²) in [7, 11) is -1.17. The molecule has 108 valence electrons. The van der Waals surface area contributed by atoms with Crippen LogP contribution in [0.4, 0.5) is 0 Å². The fourth-order valence-corrected chi connectivity index (χ4v) is 14.0. The van der Waals surface area contributed by atoms with Crippen LogP contribution < -0.4 is 0 Å². The van der Waals surface area contributed by atoms with E-state index in [9.17, 15) is 0 Å². The highest BCUT2D eigenvalue weighted by Gasteiger charge is 2.51. The van der Waals surface area contributed by atoms with E-state index in [1.54, 1.807) is 12.8 Å². The predicted octanol–water partition coefficient (Wildman–Crippen LogP) is 6.78. The van der Waals surface area contributed by atoms with Crippen molar-refractivity contribution in [2.75, 3.05) is 0 Å². The molecular formula is C17H36Si. The van der Waals surface area contributed by atoms with Gasteiger partial charge in [0.25, 0.3) is 0 Å². The second-order valence-electron chi connectivity index (χ2n) is 6.91. The standard InChI is InChI=1S/C17H36Si/c1-7-14(4)18(15(5)8-2,16(6)9-3)17-12-10-11-13-17/h14-17H,7-13H2,1-6H3. The summed E-state index contributed by atoms with van der Waals surface area (Å²) in [5.41, 5.74) is 4.19. The highest BCUT2D eigenvalue weighted by Crippen LogP contribution is 2.57. The minimum Gasteiger partial charge on any atom is -0.0654 e. The summed E-state index contributed by atoms with van der Waals surface area (Å²) < 4.78 is 0. The van der Waals surface area contributed by atoms with Crippen molar-refractivity contribution in [1.82, 2.24) is 0 Å². The van der Waals surface area contributed by atoms with Gasteiger partial charge in [-0.25, -0.2) is 0 Å². The molecule has 1 aliphatic carbocycles. The van der Waals surface area contributed by atoms with Crippen LogP contribution in [0.2, 0.25) is 22.2 Å². The highest BCUT2D eigenvalue weighted by molar-refractivity contribution is 6.85. The largest absolute Gasteiger partial charge is 0.0654 e. The SMILES string of the molecule is CCC(C)[Si](C(C)CC)(C(C)CC)C1CCCC1. The first kappa shape index (κ1) is 16.3. The van der Waals surface area contributed by atoms with Crippen LogP contribution in [0.1, 0.15) is 86.5 Å². The smallest absolute Gasteiger partial charge is 0.0651 e. The fourth-order valence-electron chi connectivity index (χ4n) is 5.15. The van der Waals surface area contributed by atoms with Crippen LogP contribution in [0.25, 0.3) is 0 Å². The molecule has 0 radical (unpaired) electrons. The van der Waals surface area contributed by atoms with Crippen molar-refractivity contribution in [2.45, 2.75) is 109 Å². The van der Waals surface area contributed by atoms with Crippen molar-refractivity contribution < 1.29 is 0 Å². The number of hydrogen-bond donors (Lipinski definition) is 0. The van der Waals surface area contributed by atoms with Crippen LogP contribution in [-0.4, -0.2) is 8.07 Å². The molecular weight excluding hydrogens is 232 g/mol. The topological polar surface area (TPSA) is 0 Å². The van der Waals surface area contributed by atoms with Gasteiger partial charge >= 0.3 is 0 Å². The molecule has 1 fully saturated rings. The van der Waals surface area contributed by atoms with Crippen molar-refractivity contribution in [3.8, 4) is 0 Å². The first-order chi connectivity index (χ1) is 8.55. The molecule has 0 saturated heterocycles. The summed E-state index contributed by atoms with van der Waals surface area (Å²) in [6, 6.07) is 0. The molecule has 1 rings (SSSR count). The van der Waals surface area contributed by atoms with E-state index in [1.807, 2.05) is 0 Å². The van der Waals surface area contributed by atoms with Gasteiger partial charge in [-0.3, -0.25) is 0 Å². The summed E-state index contributed by atoms with van der Waals surface area (Å²) in [5, 5.41) is 0. The summed E-state index contributed by atoms with van der Waals surface area (Å²) in [5.74, 6) is 0. The van der Waals surface area contributed by atoms with Crippen molar-refractivity contribution >= 4 is 8.07 Å². The van der Waals surface area contributed by atoms with Crippen LogP contribution in [0.15, 0.2) is 0 Å². The van der Waals surface area contributed by atoms with Gasteiger partial charge in [-0.05, 0) is 22.2 Å². The van der Waals surface area contributed by atoms with E-state index in [0.29, 0.717) is 0 Å². The average Bonchev–Trinajstić information content (AvgIpc) is 2.92. The van der Waals surface area contributed by atoms with Gasteiger partial charge < -0.3 is 0 Å². The van der Waals surface area contributed by atoms with E-state index >= 15 is 0 Å². The molecule has 1 heteroatoms. The van der Waals surface area contributed by atoms with Gasteiger partial charge in [0.1, 0.15) is 0 Å². The maximum atomic E-state index is 2.60. The molecule has 3 unspecified atom stereocenters. The zero-order valence-electron chi connectivity index (χ0n) is 13.8. The quantitative estimate of drug-likeness (QED) is 0.446. The van der Waals surface area contributed by atoms with E-state index in [2.05, 4.69) is 41.5 Å². The van der Waals surface area contributed by atoms with Gasteiger partial charge in [0.15, 0.2) is 0 Å². The highest BCUT2D eigenvalue weighted by atomic mass is 28.3. The Labute approximate surface area is 117 Å². The minimum absolute atomic E-state index is 1.02. The van der Waals surface area contributed by atoms with Crippen LogP contribution in [0.3, 0.4) is 0 Å². The Kier molecular flexibility index (Phi) is 6.44. The lowest BCUT2D eigenvalue weighted by molar-refractivity contribution is 0.628. The Morgan fingerprint density at radius 1 is 0.778 bits per heavy atom. The molecule has 1 saturated carbocycles. The maximum Gasteiger partial charge on any atom is 0.0651 e. The lowest BCUT2D eigenvalue weighted by Crippen LogP contribution is -2.50. The molecule has 1 aliphatic rings. The van der Waals surface area contributed by atoms with Crippen LogP contribution in [0.5, 0.6) is 0 Å². The Morgan fingerprint density at radius 3 is 1.39 bits per heavy atom. The van der Waals surface area contributed by atoms with E-state index in [-0.39, 0.29) is 0 Å². The van der Waals surface area contributed by atoms with Crippen LogP contribution in [-0.2, 0) is 0 Å². The minimum atomic E-state index is -1.17. The number of rotatable bonds is 7. The molecule has 0 nitrogen and oxygen atoms in total. The van der Waals surface area contributed by atoms with Gasteiger partial charge in [-0.2, -0.15) is 0 Å². The molecule has 0 amide bonds. The fraction of sp³-hybridized carbons (Fsp3) is 1.00. The molecule has 0 aromatic rings. The van der Waals surface area contributed by atoms with Gasteiger partial charge in [-0.1, -0.05) is 86.5 Å². The van der Waals surface area contributed by atoms with Crippen LogP contribution >= 0.6 is 0 Å². The van der Waals surface area contributed by atoms with Gasteiger partial charge in [0.05, 0.1) is 8.07 Å². The summed E-state index contributed by atoms with van der Waals surface area (Å²) in [6.07, 6.45) is 10.4. The maximum absolute atomic E-state index is 2.60. The third-order valence-corrected chi connectivity index (χ3v) is 14.8. The Bertz CT molecular complexity index is 203. The lowest BCUT2D eigenvalue weighted by Gasteiger charge is -2.51. The summed E-state index contributed by atoms with van der Waals surface area (Å²) in [4.78, 5) is 0. The first-order valence-corrected chi connectivity index (χ1v) is 10.9. The predicted molar refractivity (Wildman–Crippen MR) is 87.1 cm³/mol. The van der Waals surface area contributed by atoms with Crippen molar-refractivity contribution in [3.63, 3.8) is 0 Å². The van der Waals surface area contributed by atoms with Crippen molar-refractivity contribution in [2.24, 2.45) is 0 Å². The van der Waals surface area contributed by atoms with Gasteiger partial charge in [0, 0.05) is 0 Å². The molecule has 0 aliphatic heterocycles. The summed E-state index contributed by atoms with van der Waals surface area (Å²) >= 11 is 0. The molecule has 18 heavy (non-hydrogen) atoms. The molecule has 0 heterocycles. The average molecular weight is 269 g/mol. The van der Waals surface area contributed by atoms with E-state index < -0.39 is 8.07 Å².